The van der Waals surface area contributed by atoms with E-state index in [1.807, 2.05) is 0 Å². The van der Waals surface area contributed by atoms with Crippen molar-refractivity contribution in [1.82, 2.24) is 0 Å². The lowest BCUT2D eigenvalue weighted by Crippen LogP contribution is -2.29. The third-order valence-electron chi connectivity index (χ3n) is 13.9. The summed E-state index contributed by atoms with van der Waals surface area (Å²) in [5.41, 5.74) is 5.39. The Balaban J connectivity index is 3.87. The minimum atomic E-state index is -4.39. The summed E-state index contributed by atoms with van der Waals surface area (Å²) in [6.45, 7) is 3.64. The van der Waals surface area contributed by atoms with Crippen molar-refractivity contribution in [1.29, 1.82) is 0 Å². The maximum absolute atomic E-state index is 12.7. The Kier molecular flexibility index (Phi) is 62.1. The Morgan fingerprint density at radius 3 is 1.04 bits per heavy atom. The van der Waals surface area contributed by atoms with Crippen molar-refractivity contribution in [2.45, 2.75) is 296 Å². The summed E-state index contributed by atoms with van der Waals surface area (Å²) in [7, 11) is -4.39. The predicted octanol–water partition coefficient (Wildman–Crippen LogP) is 21.4. The molecule has 10 heteroatoms. The Morgan fingerprint density at radius 2 is 0.688 bits per heavy atom. The van der Waals surface area contributed by atoms with Crippen LogP contribution in [0.1, 0.15) is 290 Å². The van der Waals surface area contributed by atoms with Gasteiger partial charge in [-0.1, -0.05) is 284 Å². The van der Waals surface area contributed by atoms with Crippen LogP contribution in [-0.4, -0.2) is 49.3 Å². The minimum Gasteiger partial charge on any atom is -0.462 e. The second kappa shape index (κ2) is 64.8. The zero-order valence-corrected chi connectivity index (χ0v) is 52.4. The molecule has 0 aromatic heterocycles. The van der Waals surface area contributed by atoms with Crippen LogP contribution in [0.5, 0.6) is 0 Å². The molecule has 0 aromatic carbocycles. The van der Waals surface area contributed by atoms with E-state index in [9.17, 15) is 19.0 Å². The van der Waals surface area contributed by atoms with E-state index in [1.54, 1.807) is 0 Å². The largest absolute Gasteiger partial charge is 0.472 e. The van der Waals surface area contributed by atoms with Crippen molar-refractivity contribution in [2.24, 2.45) is 5.73 Å². The molecule has 2 atom stereocenters. The van der Waals surface area contributed by atoms with Crippen LogP contribution >= 0.6 is 7.82 Å². The summed E-state index contributed by atoms with van der Waals surface area (Å²) in [6.07, 6.45) is 88.8. The highest BCUT2D eigenvalue weighted by molar-refractivity contribution is 7.47. The van der Waals surface area contributed by atoms with E-state index >= 15 is 0 Å². The minimum absolute atomic E-state index is 0.0505. The molecule has 0 aromatic rings. The van der Waals surface area contributed by atoms with Gasteiger partial charge in [-0.25, -0.2) is 4.57 Å². The first-order valence-corrected chi connectivity index (χ1v) is 34.4. The van der Waals surface area contributed by atoms with Crippen LogP contribution in [0, 0.1) is 0 Å². The lowest BCUT2D eigenvalue weighted by atomic mass is 10.0. The highest BCUT2D eigenvalue weighted by Crippen LogP contribution is 2.43. The number of esters is 2. The highest BCUT2D eigenvalue weighted by atomic mass is 31.2. The van der Waals surface area contributed by atoms with Gasteiger partial charge in [-0.05, 0) is 103 Å². The van der Waals surface area contributed by atoms with Crippen LogP contribution in [-0.2, 0) is 32.7 Å². The Morgan fingerprint density at radius 1 is 0.388 bits per heavy atom. The zero-order chi connectivity index (χ0) is 58.0. The molecule has 0 aliphatic carbocycles. The van der Waals surface area contributed by atoms with E-state index in [1.165, 1.54) is 154 Å². The lowest BCUT2D eigenvalue weighted by molar-refractivity contribution is -0.161. The fourth-order valence-corrected chi connectivity index (χ4v) is 9.83. The summed E-state index contributed by atoms with van der Waals surface area (Å²) in [5.74, 6) is -0.827. The zero-order valence-electron chi connectivity index (χ0n) is 51.5. The van der Waals surface area contributed by atoms with E-state index in [0.717, 1.165) is 103 Å². The summed E-state index contributed by atoms with van der Waals surface area (Å²) < 4.78 is 33.1. The molecule has 0 rings (SSSR count). The fourth-order valence-electron chi connectivity index (χ4n) is 9.06. The van der Waals surface area contributed by atoms with Crippen LogP contribution in [0.4, 0.5) is 0 Å². The van der Waals surface area contributed by atoms with Gasteiger partial charge in [0.05, 0.1) is 13.2 Å². The number of allylic oxidation sites excluding steroid dienone is 18. The van der Waals surface area contributed by atoms with Crippen LogP contribution in [0.2, 0.25) is 0 Å². The fraction of sp³-hybridized carbons (Fsp3) is 0.714. The monoisotopic (exact) mass is 1140 g/mol. The molecule has 0 aliphatic heterocycles. The van der Waals surface area contributed by atoms with Gasteiger partial charge in [0.15, 0.2) is 6.10 Å². The molecule has 0 fully saturated rings. The second-order valence-corrected chi connectivity index (χ2v) is 23.1. The number of phosphoric acid groups is 1. The SMILES string of the molecule is CC/C=C\C/C=C\C/C=C\C/C=C\C/C=C\C/C=C\C/C=C\C/C=C\CCCCCCCCCCCCCCCCCCC(=O)OC(COC(=O)CCCCCCCCC/C=C\CCCCCCCCC)COP(=O)(O)OCCN. The van der Waals surface area contributed by atoms with Crippen molar-refractivity contribution in [3.8, 4) is 0 Å². The Labute approximate surface area is 492 Å². The maximum Gasteiger partial charge on any atom is 0.472 e. The van der Waals surface area contributed by atoms with Crippen LogP contribution in [0.3, 0.4) is 0 Å². The summed E-state index contributed by atoms with van der Waals surface area (Å²) in [4.78, 5) is 35.2. The molecule has 0 saturated carbocycles. The third-order valence-corrected chi connectivity index (χ3v) is 14.9. The van der Waals surface area contributed by atoms with Gasteiger partial charge in [0.1, 0.15) is 6.61 Å². The van der Waals surface area contributed by atoms with Crippen LogP contribution in [0.25, 0.3) is 0 Å². The first kappa shape index (κ1) is 76.7. The van der Waals surface area contributed by atoms with Gasteiger partial charge in [0.25, 0.3) is 0 Å². The summed E-state index contributed by atoms with van der Waals surface area (Å²) in [6, 6.07) is 0. The van der Waals surface area contributed by atoms with Crippen molar-refractivity contribution < 1.29 is 37.6 Å². The molecule has 0 bridgehead atoms. The smallest absolute Gasteiger partial charge is 0.462 e. The first-order chi connectivity index (χ1) is 39.3. The topological polar surface area (TPSA) is 134 Å². The molecule has 0 radical (unpaired) electrons. The molecular weight excluding hydrogens is 1010 g/mol. The number of hydrogen-bond acceptors (Lipinski definition) is 8. The molecule has 3 N–H and O–H groups in total. The van der Waals surface area contributed by atoms with Gasteiger partial charge in [0.2, 0.25) is 0 Å². The van der Waals surface area contributed by atoms with E-state index in [-0.39, 0.29) is 38.6 Å². The van der Waals surface area contributed by atoms with E-state index in [4.69, 9.17) is 24.3 Å². The Hall–Kier alpha value is -3.33. The third kappa shape index (κ3) is 63.8. The van der Waals surface area contributed by atoms with Gasteiger partial charge >= 0.3 is 19.8 Å². The van der Waals surface area contributed by atoms with Crippen molar-refractivity contribution in [3.63, 3.8) is 0 Å². The standard InChI is InChI=1S/C70H122NO8P/c1-3-5-7-9-11-13-15-17-19-21-23-24-25-26-27-28-29-30-31-32-33-34-35-36-37-38-39-40-41-42-43-44-45-47-49-51-53-55-57-59-61-63-70(73)79-68(67-78-80(74,75)77-65-64-71)66-76-69(72)62-60-58-56-54-52-50-48-46-22-20-18-16-14-12-10-8-6-4-2/h5,7,11,13,17,19-20,22-24,26-27,29-30,32-33,35-36,68H,3-4,6,8-10,12,14-16,18,21,25,28,31,34,37-67,71H2,1-2H3,(H,74,75)/b7-5-,13-11-,19-17-,22-20-,24-23-,27-26-,30-29-,33-32-,36-35-. The van der Waals surface area contributed by atoms with Crippen molar-refractivity contribution in [2.75, 3.05) is 26.4 Å². The Bertz CT molecular complexity index is 1680. The average molecular weight is 1140 g/mol. The van der Waals surface area contributed by atoms with E-state index in [2.05, 4.69) is 123 Å². The number of rotatable bonds is 61. The molecule has 0 saturated heterocycles. The van der Waals surface area contributed by atoms with E-state index < -0.39 is 26.5 Å². The average Bonchev–Trinajstić information content (AvgIpc) is 3.45. The summed E-state index contributed by atoms with van der Waals surface area (Å²) >= 11 is 0. The van der Waals surface area contributed by atoms with E-state index in [0.29, 0.717) is 6.42 Å². The van der Waals surface area contributed by atoms with Gasteiger partial charge in [-0.15, -0.1) is 0 Å². The molecule has 0 spiro atoms. The van der Waals surface area contributed by atoms with Gasteiger partial charge in [0, 0.05) is 19.4 Å². The highest BCUT2D eigenvalue weighted by Gasteiger charge is 2.26. The molecule has 0 heterocycles. The van der Waals surface area contributed by atoms with Gasteiger partial charge < -0.3 is 20.1 Å². The van der Waals surface area contributed by atoms with Crippen LogP contribution < -0.4 is 5.73 Å². The molecule has 460 valence electrons. The number of hydrogen-bond donors (Lipinski definition) is 2. The number of nitrogens with two attached hydrogens (primary N) is 1. The maximum atomic E-state index is 12.7. The first-order valence-electron chi connectivity index (χ1n) is 32.9. The van der Waals surface area contributed by atoms with Gasteiger partial charge in [-0.3, -0.25) is 18.6 Å². The second-order valence-electron chi connectivity index (χ2n) is 21.6. The molecule has 0 amide bonds. The number of ether oxygens (including phenoxy) is 2. The number of carbonyl (C=O) groups excluding carboxylic acids is 2. The molecule has 9 nitrogen and oxygen atoms in total. The number of unbranched alkanes of at least 4 members (excludes halogenated alkanes) is 30. The lowest BCUT2D eigenvalue weighted by Gasteiger charge is -2.19. The van der Waals surface area contributed by atoms with Crippen molar-refractivity contribution >= 4 is 19.8 Å². The number of carbonyl (C=O) groups is 2. The summed E-state index contributed by atoms with van der Waals surface area (Å²) in [5, 5.41) is 0. The molecule has 2 unspecified atom stereocenters. The number of phosphoric ester groups is 1. The van der Waals surface area contributed by atoms with Crippen LogP contribution in [0.15, 0.2) is 109 Å². The molecular formula is C70H122NO8P. The predicted molar refractivity (Wildman–Crippen MR) is 344 cm³/mol. The van der Waals surface area contributed by atoms with Gasteiger partial charge in [-0.2, -0.15) is 0 Å². The molecule has 0 aliphatic rings. The normalized spacial score (nSPS) is 13.7. The van der Waals surface area contributed by atoms with Crippen molar-refractivity contribution in [3.05, 3.63) is 109 Å². The quantitative estimate of drug-likeness (QED) is 0.0264. The molecule has 80 heavy (non-hydrogen) atoms.